The molecule has 0 radical (unpaired) electrons. The number of hydrogen-bond acceptors (Lipinski definition) is 2. The summed E-state index contributed by atoms with van der Waals surface area (Å²) in [5, 5.41) is 3.57. The highest BCUT2D eigenvalue weighted by Gasteiger charge is 2.29. The first kappa shape index (κ1) is 9.69. The van der Waals surface area contributed by atoms with E-state index in [1.807, 2.05) is 11.3 Å². The van der Waals surface area contributed by atoms with Crippen LogP contribution in [0.3, 0.4) is 0 Å². The monoisotopic (exact) mass is 259 g/mol. The third-order valence-electron chi connectivity index (χ3n) is 2.72. The normalized spacial score (nSPS) is 33.9. The molecule has 0 bridgehead atoms. The van der Waals surface area contributed by atoms with Gasteiger partial charge in [0.1, 0.15) is 0 Å². The third kappa shape index (κ3) is 1.97. The lowest BCUT2D eigenvalue weighted by Gasteiger charge is -2.12. The number of rotatable bonds is 1. The average molecular weight is 260 g/mol. The molecule has 3 heteroatoms. The van der Waals surface area contributed by atoms with Crippen LogP contribution in [-0.2, 0) is 0 Å². The summed E-state index contributed by atoms with van der Waals surface area (Å²) in [7, 11) is 0. The molecule has 13 heavy (non-hydrogen) atoms. The molecule has 0 spiro atoms. The molecule has 3 atom stereocenters. The van der Waals surface area contributed by atoms with Gasteiger partial charge in [-0.3, -0.25) is 0 Å². The SMILES string of the molecule is CC1CC(c2ccc(Br)s2)C(C)N1. The molecule has 1 aliphatic heterocycles. The quantitative estimate of drug-likeness (QED) is 0.816. The van der Waals surface area contributed by atoms with Gasteiger partial charge in [-0.25, -0.2) is 0 Å². The largest absolute Gasteiger partial charge is 0.311 e. The zero-order chi connectivity index (χ0) is 9.42. The van der Waals surface area contributed by atoms with Crippen LogP contribution in [-0.4, -0.2) is 12.1 Å². The van der Waals surface area contributed by atoms with Crippen LogP contribution < -0.4 is 5.32 Å². The second-order valence-electron chi connectivity index (χ2n) is 3.84. The van der Waals surface area contributed by atoms with Gasteiger partial charge in [-0.05, 0) is 48.3 Å². The average Bonchev–Trinajstić information content (AvgIpc) is 2.58. The van der Waals surface area contributed by atoms with E-state index in [4.69, 9.17) is 0 Å². The van der Waals surface area contributed by atoms with Gasteiger partial charge in [0.25, 0.3) is 0 Å². The molecule has 1 fully saturated rings. The van der Waals surface area contributed by atoms with Crippen molar-refractivity contribution in [3.05, 3.63) is 20.8 Å². The molecule has 1 nitrogen and oxygen atoms in total. The molecule has 3 unspecified atom stereocenters. The van der Waals surface area contributed by atoms with Gasteiger partial charge in [0.15, 0.2) is 0 Å². The summed E-state index contributed by atoms with van der Waals surface area (Å²) in [4.78, 5) is 1.51. The summed E-state index contributed by atoms with van der Waals surface area (Å²) in [6.07, 6.45) is 1.27. The highest BCUT2D eigenvalue weighted by atomic mass is 79.9. The molecule has 0 aromatic carbocycles. The Kier molecular flexibility index (Phi) is 2.77. The van der Waals surface area contributed by atoms with Crippen molar-refractivity contribution in [3.63, 3.8) is 0 Å². The molecule has 1 N–H and O–H groups in total. The third-order valence-corrected chi connectivity index (χ3v) is 4.47. The fraction of sp³-hybridized carbons (Fsp3) is 0.600. The molecule has 1 aliphatic rings. The van der Waals surface area contributed by atoms with Crippen LogP contribution in [0.1, 0.15) is 31.1 Å². The van der Waals surface area contributed by atoms with Crippen molar-refractivity contribution >= 4 is 27.3 Å². The second kappa shape index (κ2) is 3.71. The van der Waals surface area contributed by atoms with E-state index in [2.05, 4.69) is 47.2 Å². The number of nitrogens with one attached hydrogen (secondary N) is 1. The van der Waals surface area contributed by atoms with Crippen molar-refractivity contribution in [2.45, 2.75) is 38.3 Å². The molecule has 72 valence electrons. The van der Waals surface area contributed by atoms with E-state index in [1.54, 1.807) is 0 Å². The lowest BCUT2D eigenvalue weighted by Crippen LogP contribution is -2.25. The zero-order valence-electron chi connectivity index (χ0n) is 7.88. The Bertz CT molecular complexity index is 297. The van der Waals surface area contributed by atoms with Gasteiger partial charge in [0.2, 0.25) is 0 Å². The first-order valence-electron chi connectivity index (χ1n) is 4.68. The van der Waals surface area contributed by atoms with Crippen molar-refractivity contribution in [3.8, 4) is 0 Å². The summed E-state index contributed by atoms with van der Waals surface area (Å²) in [6, 6.07) is 5.69. The Hall–Kier alpha value is 0.140. The summed E-state index contributed by atoms with van der Waals surface area (Å²) >= 11 is 5.38. The van der Waals surface area contributed by atoms with Crippen molar-refractivity contribution in [2.75, 3.05) is 0 Å². The van der Waals surface area contributed by atoms with E-state index in [0.717, 1.165) is 0 Å². The molecule has 2 rings (SSSR count). The Balaban J connectivity index is 2.17. The molecule has 0 aliphatic carbocycles. The van der Waals surface area contributed by atoms with Crippen LogP contribution in [0.2, 0.25) is 0 Å². The zero-order valence-corrected chi connectivity index (χ0v) is 10.3. The molecule has 1 saturated heterocycles. The summed E-state index contributed by atoms with van der Waals surface area (Å²) in [6.45, 7) is 4.54. The van der Waals surface area contributed by atoms with Gasteiger partial charge < -0.3 is 5.32 Å². The van der Waals surface area contributed by atoms with E-state index >= 15 is 0 Å². The van der Waals surface area contributed by atoms with Crippen molar-refractivity contribution in [1.82, 2.24) is 5.32 Å². The van der Waals surface area contributed by atoms with Crippen LogP contribution in [0.25, 0.3) is 0 Å². The highest BCUT2D eigenvalue weighted by Crippen LogP contribution is 2.36. The van der Waals surface area contributed by atoms with E-state index < -0.39 is 0 Å². The highest BCUT2D eigenvalue weighted by molar-refractivity contribution is 9.11. The Labute approximate surface area is 91.7 Å². The van der Waals surface area contributed by atoms with Gasteiger partial charge in [-0.15, -0.1) is 11.3 Å². The minimum Gasteiger partial charge on any atom is -0.311 e. The van der Waals surface area contributed by atoms with E-state index in [1.165, 1.54) is 15.1 Å². The maximum Gasteiger partial charge on any atom is 0.0701 e. The van der Waals surface area contributed by atoms with Crippen LogP contribution in [0.4, 0.5) is 0 Å². The molecule has 0 amide bonds. The smallest absolute Gasteiger partial charge is 0.0701 e. The fourth-order valence-electron chi connectivity index (χ4n) is 2.11. The van der Waals surface area contributed by atoms with Crippen molar-refractivity contribution in [2.24, 2.45) is 0 Å². The molecule has 2 heterocycles. The summed E-state index contributed by atoms with van der Waals surface area (Å²) in [5.41, 5.74) is 0. The Morgan fingerprint density at radius 2 is 2.23 bits per heavy atom. The van der Waals surface area contributed by atoms with E-state index in [0.29, 0.717) is 18.0 Å². The maximum atomic E-state index is 3.57. The lowest BCUT2D eigenvalue weighted by atomic mass is 9.99. The topological polar surface area (TPSA) is 12.0 Å². The number of halogens is 1. The minimum atomic E-state index is 0.626. The van der Waals surface area contributed by atoms with Crippen LogP contribution in [0, 0.1) is 0 Å². The summed E-state index contributed by atoms with van der Waals surface area (Å²) in [5.74, 6) is 0.714. The summed E-state index contributed by atoms with van der Waals surface area (Å²) < 4.78 is 1.24. The number of hydrogen-bond donors (Lipinski definition) is 1. The molecular weight excluding hydrogens is 246 g/mol. The minimum absolute atomic E-state index is 0.626. The Morgan fingerprint density at radius 3 is 2.69 bits per heavy atom. The molecule has 1 aromatic heterocycles. The fourth-order valence-corrected chi connectivity index (χ4v) is 3.75. The van der Waals surface area contributed by atoms with Gasteiger partial charge >= 0.3 is 0 Å². The Morgan fingerprint density at radius 1 is 1.46 bits per heavy atom. The van der Waals surface area contributed by atoms with Crippen LogP contribution >= 0.6 is 27.3 Å². The van der Waals surface area contributed by atoms with Gasteiger partial charge in [-0.1, -0.05) is 0 Å². The first-order chi connectivity index (χ1) is 6.16. The van der Waals surface area contributed by atoms with Crippen LogP contribution in [0.5, 0.6) is 0 Å². The van der Waals surface area contributed by atoms with Crippen molar-refractivity contribution in [1.29, 1.82) is 0 Å². The van der Waals surface area contributed by atoms with Crippen LogP contribution in [0.15, 0.2) is 15.9 Å². The lowest BCUT2D eigenvalue weighted by molar-refractivity contribution is 0.578. The van der Waals surface area contributed by atoms with Crippen molar-refractivity contribution < 1.29 is 0 Å². The second-order valence-corrected chi connectivity index (χ2v) is 6.34. The predicted molar refractivity (Wildman–Crippen MR) is 61.4 cm³/mol. The molecular formula is C10H14BrNS. The molecule has 1 aromatic rings. The van der Waals surface area contributed by atoms with Gasteiger partial charge in [0, 0.05) is 22.9 Å². The number of thiophene rings is 1. The maximum absolute atomic E-state index is 3.57. The predicted octanol–water partition coefficient (Wildman–Crippen LogP) is 3.36. The van der Waals surface area contributed by atoms with Gasteiger partial charge in [-0.2, -0.15) is 0 Å². The molecule has 0 saturated carbocycles. The van der Waals surface area contributed by atoms with E-state index in [-0.39, 0.29) is 0 Å². The van der Waals surface area contributed by atoms with Gasteiger partial charge in [0.05, 0.1) is 3.79 Å². The first-order valence-corrected chi connectivity index (χ1v) is 6.29. The van der Waals surface area contributed by atoms with E-state index in [9.17, 15) is 0 Å². The standard InChI is InChI=1S/C10H14BrNS/c1-6-5-8(7(2)12-6)9-3-4-10(11)13-9/h3-4,6-8,12H,5H2,1-2H3.